The number of rotatable bonds is 6. The summed E-state index contributed by atoms with van der Waals surface area (Å²) < 4.78 is 28.3. The number of nitrogens with zero attached hydrogens (tertiary/aromatic N) is 5. The Morgan fingerprint density at radius 1 is 1.30 bits per heavy atom. The molecule has 0 bridgehead atoms. The van der Waals surface area contributed by atoms with Crippen LogP contribution in [0.15, 0.2) is 30.9 Å². The summed E-state index contributed by atoms with van der Waals surface area (Å²) in [6.45, 7) is 0.704. The SMILES string of the molecule is CN(C)S(=O)(=O)NCCn1ccc(-c2cnccn2)n1. The maximum Gasteiger partial charge on any atom is 0.278 e. The zero-order chi connectivity index (χ0) is 14.6. The van der Waals surface area contributed by atoms with E-state index >= 15 is 0 Å². The van der Waals surface area contributed by atoms with Crippen molar-refractivity contribution in [2.75, 3.05) is 20.6 Å². The Balaban J connectivity index is 1.94. The van der Waals surface area contributed by atoms with Crippen LogP contribution in [-0.2, 0) is 16.8 Å². The van der Waals surface area contributed by atoms with E-state index in [1.165, 1.54) is 14.1 Å². The quantitative estimate of drug-likeness (QED) is 0.792. The standard InChI is InChI=1S/C11H16N6O2S/c1-16(2)20(18,19)14-6-8-17-7-3-10(15-17)11-9-12-4-5-13-11/h3-5,7,9,14H,6,8H2,1-2H3. The predicted octanol–water partition coefficient (Wildman–Crippen LogP) is -0.264. The first-order valence-electron chi connectivity index (χ1n) is 5.96. The molecule has 0 amide bonds. The zero-order valence-corrected chi connectivity index (χ0v) is 12.1. The molecule has 1 N–H and O–H groups in total. The summed E-state index contributed by atoms with van der Waals surface area (Å²) >= 11 is 0. The fourth-order valence-electron chi connectivity index (χ4n) is 1.47. The van der Waals surface area contributed by atoms with Gasteiger partial charge in [-0.25, -0.2) is 4.72 Å². The highest BCUT2D eigenvalue weighted by Crippen LogP contribution is 2.11. The summed E-state index contributed by atoms with van der Waals surface area (Å²) in [6, 6.07) is 1.81. The molecule has 0 unspecified atom stereocenters. The fraction of sp³-hybridized carbons (Fsp3) is 0.364. The molecule has 0 fully saturated rings. The van der Waals surface area contributed by atoms with Gasteiger partial charge < -0.3 is 0 Å². The molecule has 0 aromatic carbocycles. The van der Waals surface area contributed by atoms with Crippen molar-refractivity contribution < 1.29 is 8.42 Å². The van der Waals surface area contributed by atoms with E-state index in [1.54, 1.807) is 29.5 Å². The first-order chi connectivity index (χ1) is 9.49. The first kappa shape index (κ1) is 14.6. The minimum absolute atomic E-state index is 0.266. The second kappa shape index (κ2) is 6.07. The van der Waals surface area contributed by atoms with Crippen LogP contribution in [0.25, 0.3) is 11.4 Å². The highest BCUT2D eigenvalue weighted by atomic mass is 32.2. The van der Waals surface area contributed by atoms with Crippen LogP contribution >= 0.6 is 0 Å². The molecule has 2 aromatic heterocycles. The van der Waals surface area contributed by atoms with Crippen LogP contribution in [0.1, 0.15) is 0 Å². The summed E-state index contributed by atoms with van der Waals surface area (Å²) in [4.78, 5) is 8.12. The molecule has 2 heterocycles. The number of hydrogen-bond donors (Lipinski definition) is 1. The van der Waals surface area contributed by atoms with Crippen molar-refractivity contribution in [2.24, 2.45) is 0 Å². The second-order valence-electron chi connectivity index (χ2n) is 4.24. The molecule has 0 spiro atoms. The lowest BCUT2D eigenvalue weighted by molar-refractivity contribution is 0.497. The summed E-state index contributed by atoms with van der Waals surface area (Å²) in [5.74, 6) is 0. The lowest BCUT2D eigenvalue weighted by Gasteiger charge is -2.12. The Morgan fingerprint density at radius 2 is 2.10 bits per heavy atom. The van der Waals surface area contributed by atoms with Crippen molar-refractivity contribution >= 4 is 10.2 Å². The molecule has 0 aliphatic carbocycles. The molecular weight excluding hydrogens is 280 g/mol. The van der Waals surface area contributed by atoms with Crippen LogP contribution in [0.2, 0.25) is 0 Å². The van der Waals surface area contributed by atoms with Crippen LogP contribution in [0.4, 0.5) is 0 Å². The molecule has 0 aliphatic rings. The Labute approximate surface area is 117 Å². The Kier molecular flexibility index (Phi) is 4.42. The third-order valence-electron chi connectivity index (χ3n) is 2.57. The van der Waals surface area contributed by atoms with Gasteiger partial charge in [0.2, 0.25) is 0 Å². The van der Waals surface area contributed by atoms with E-state index < -0.39 is 10.2 Å². The number of aromatic nitrogens is 4. The molecule has 0 saturated heterocycles. The summed E-state index contributed by atoms with van der Waals surface area (Å²) in [6.07, 6.45) is 6.59. The average molecular weight is 296 g/mol. The van der Waals surface area contributed by atoms with Crippen LogP contribution in [-0.4, -0.2) is 53.1 Å². The van der Waals surface area contributed by atoms with Gasteiger partial charge in [0.25, 0.3) is 10.2 Å². The minimum Gasteiger partial charge on any atom is -0.271 e. The van der Waals surface area contributed by atoms with E-state index in [4.69, 9.17) is 0 Å². The summed E-state index contributed by atoms with van der Waals surface area (Å²) in [5, 5.41) is 4.31. The van der Waals surface area contributed by atoms with Crippen LogP contribution in [0.5, 0.6) is 0 Å². The molecular formula is C11H16N6O2S. The van der Waals surface area contributed by atoms with Gasteiger partial charge >= 0.3 is 0 Å². The van der Waals surface area contributed by atoms with Crippen LogP contribution in [0, 0.1) is 0 Å². The van der Waals surface area contributed by atoms with Crippen molar-refractivity contribution in [3.63, 3.8) is 0 Å². The van der Waals surface area contributed by atoms with E-state index in [9.17, 15) is 8.42 Å². The number of hydrogen-bond acceptors (Lipinski definition) is 5. The predicted molar refractivity (Wildman–Crippen MR) is 73.9 cm³/mol. The lowest BCUT2D eigenvalue weighted by atomic mass is 10.3. The van der Waals surface area contributed by atoms with E-state index in [1.807, 2.05) is 6.07 Å². The van der Waals surface area contributed by atoms with Gasteiger partial charge in [-0.15, -0.1) is 0 Å². The lowest BCUT2D eigenvalue weighted by Crippen LogP contribution is -2.37. The normalized spacial score (nSPS) is 11.9. The van der Waals surface area contributed by atoms with Crippen molar-refractivity contribution in [1.82, 2.24) is 28.8 Å². The molecule has 0 saturated carbocycles. The average Bonchev–Trinajstić information content (AvgIpc) is 2.88. The Morgan fingerprint density at radius 3 is 2.75 bits per heavy atom. The smallest absolute Gasteiger partial charge is 0.271 e. The molecule has 0 atom stereocenters. The highest BCUT2D eigenvalue weighted by Gasteiger charge is 2.11. The molecule has 108 valence electrons. The van der Waals surface area contributed by atoms with Crippen molar-refractivity contribution in [3.05, 3.63) is 30.9 Å². The third kappa shape index (κ3) is 3.59. The first-order valence-corrected chi connectivity index (χ1v) is 7.40. The van der Waals surface area contributed by atoms with E-state index in [0.717, 1.165) is 4.31 Å². The zero-order valence-electron chi connectivity index (χ0n) is 11.3. The van der Waals surface area contributed by atoms with Gasteiger partial charge in [0, 0.05) is 39.2 Å². The molecule has 2 rings (SSSR count). The van der Waals surface area contributed by atoms with Gasteiger partial charge in [-0.05, 0) is 6.07 Å². The monoisotopic (exact) mass is 296 g/mol. The van der Waals surface area contributed by atoms with E-state index in [-0.39, 0.29) is 6.54 Å². The molecule has 0 radical (unpaired) electrons. The minimum atomic E-state index is -3.39. The summed E-state index contributed by atoms with van der Waals surface area (Å²) in [5.41, 5.74) is 1.38. The van der Waals surface area contributed by atoms with E-state index in [0.29, 0.717) is 17.9 Å². The largest absolute Gasteiger partial charge is 0.278 e. The Bertz CT molecular complexity index is 653. The fourth-order valence-corrected chi connectivity index (χ4v) is 2.08. The van der Waals surface area contributed by atoms with Gasteiger partial charge in [-0.1, -0.05) is 0 Å². The van der Waals surface area contributed by atoms with Crippen molar-refractivity contribution in [1.29, 1.82) is 0 Å². The highest BCUT2D eigenvalue weighted by molar-refractivity contribution is 7.87. The maximum absolute atomic E-state index is 11.5. The van der Waals surface area contributed by atoms with Crippen molar-refractivity contribution in [3.8, 4) is 11.4 Å². The molecule has 0 aliphatic heterocycles. The maximum atomic E-state index is 11.5. The molecule has 20 heavy (non-hydrogen) atoms. The van der Waals surface area contributed by atoms with Crippen LogP contribution in [0.3, 0.4) is 0 Å². The Hall–Kier alpha value is -1.84. The van der Waals surface area contributed by atoms with Crippen molar-refractivity contribution in [2.45, 2.75) is 6.54 Å². The topological polar surface area (TPSA) is 93.0 Å². The second-order valence-corrected chi connectivity index (χ2v) is 6.21. The third-order valence-corrected chi connectivity index (χ3v) is 4.10. The van der Waals surface area contributed by atoms with Gasteiger partial charge in [-0.3, -0.25) is 14.6 Å². The van der Waals surface area contributed by atoms with Gasteiger partial charge in [0.05, 0.1) is 12.7 Å². The molecule has 8 nitrogen and oxygen atoms in total. The molecule has 9 heteroatoms. The van der Waals surface area contributed by atoms with Gasteiger partial charge in [0.15, 0.2) is 0 Å². The van der Waals surface area contributed by atoms with E-state index in [2.05, 4.69) is 19.8 Å². The number of nitrogens with one attached hydrogen (secondary N) is 1. The summed E-state index contributed by atoms with van der Waals surface area (Å²) in [7, 11) is -0.445. The van der Waals surface area contributed by atoms with Gasteiger partial charge in [0.1, 0.15) is 11.4 Å². The molecule has 2 aromatic rings. The van der Waals surface area contributed by atoms with Crippen LogP contribution < -0.4 is 4.72 Å². The van der Waals surface area contributed by atoms with Gasteiger partial charge in [-0.2, -0.15) is 17.8 Å².